The Hall–Kier alpha value is -4.03. The van der Waals surface area contributed by atoms with E-state index in [1.165, 1.54) is 28.4 Å². The lowest BCUT2D eigenvalue weighted by Crippen LogP contribution is -2.48. The van der Waals surface area contributed by atoms with Crippen LogP contribution in [-0.4, -0.2) is 58.0 Å². The Morgan fingerprint density at radius 2 is 2.02 bits per heavy atom. The second-order valence-corrected chi connectivity index (χ2v) is 11.0. The number of carbonyl (C=O) groups excluding carboxylic acids is 2. The molecule has 1 aliphatic rings. The fourth-order valence-electron chi connectivity index (χ4n) is 5.16. The Labute approximate surface area is 239 Å². The van der Waals surface area contributed by atoms with Gasteiger partial charge in [0.05, 0.1) is 24.7 Å². The van der Waals surface area contributed by atoms with Gasteiger partial charge in [0, 0.05) is 36.2 Å². The van der Waals surface area contributed by atoms with Crippen LogP contribution in [0.4, 0.5) is 0 Å². The first kappa shape index (κ1) is 28.5. The number of hydrogen-bond donors (Lipinski definition) is 0. The molecule has 2 atom stereocenters. The van der Waals surface area contributed by atoms with Crippen LogP contribution in [0, 0.1) is 6.92 Å². The summed E-state index contributed by atoms with van der Waals surface area (Å²) in [6, 6.07) is 6.68. The smallest absolute Gasteiger partial charge is 0.340 e. The summed E-state index contributed by atoms with van der Waals surface area (Å²) in [7, 11) is 1.55. The number of rotatable bonds is 12. The van der Waals surface area contributed by atoms with E-state index in [2.05, 4.69) is 9.88 Å². The number of methoxy groups -OCH3 is 1. The minimum Gasteiger partial charge on any atom is -0.496 e. The van der Waals surface area contributed by atoms with Gasteiger partial charge in [-0.25, -0.2) is 14.3 Å². The lowest BCUT2D eigenvalue weighted by molar-refractivity contribution is -0.149. The number of oxazole rings is 1. The Kier molecular flexibility index (Phi) is 8.50. The van der Waals surface area contributed by atoms with Crippen LogP contribution < -0.4 is 16.0 Å². The van der Waals surface area contributed by atoms with Crippen molar-refractivity contribution in [2.24, 2.45) is 0 Å². The van der Waals surface area contributed by atoms with Crippen molar-refractivity contribution in [2.45, 2.75) is 51.7 Å². The highest BCUT2D eigenvalue weighted by atomic mass is 32.1. The second-order valence-electron chi connectivity index (χ2n) is 9.93. The van der Waals surface area contributed by atoms with Gasteiger partial charge in [0.15, 0.2) is 0 Å². The van der Waals surface area contributed by atoms with Crippen molar-refractivity contribution in [1.29, 1.82) is 0 Å². The standard InChI is InChI=1S/C29H32N4O7S/c1-4-24(35)40-22(20-8-5-6-9-21(20)38-3)16-23-18(2)25-26(36)32(19(10-14-34)17-31-12-7-13-31)29(37)33(27(25)41-23)28-30-11-15-39-28/h5-6,8-9,11,14-15,19,22H,4,7,10,12-13,16-17H2,1-3H3/t19?,22-/m1/s1. The number of para-hydroxylation sites is 1. The van der Waals surface area contributed by atoms with Gasteiger partial charge in [0.1, 0.15) is 29.2 Å². The average molecular weight is 581 g/mol. The van der Waals surface area contributed by atoms with Crippen molar-refractivity contribution in [3.63, 3.8) is 0 Å². The topological polar surface area (TPSA) is 126 Å². The molecule has 216 valence electrons. The molecular formula is C29H32N4O7S. The van der Waals surface area contributed by atoms with E-state index in [1.54, 1.807) is 20.1 Å². The third kappa shape index (κ3) is 5.49. The summed E-state index contributed by atoms with van der Waals surface area (Å²) >= 11 is 1.25. The highest BCUT2D eigenvalue weighted by Crippen LogP contribution is 2.36. The minimum absolute atomic E-state index is 0.0155. The molecule has 0 bridgehead atoms. The maximum absolute atomic E-state index is 14.1. The van der Waals surface area contributed by atoms with E-state index >= 15 is 0 Å². The molecule has 41 heavy (non-hydrogen) atoms. The van der Waals surface area contributed by atoms with Crippen molar-refractivity contribution >= 4 is 33.8 Å². The molecule has 11 nitrogen and oxygen atoms in total. The quantitative estimate of drug-likeness (QED) is 0.183. The van der Waals surface area contributed by atoms with Crippen LogP contribution in [0.25, 0.3) is 16.2 Å². The molecule has 0 N–H and O–H groups in total. The summed E-state index contributed by atoms with van der Waals surface area (Å²) in [4.78, 5) is 59.5. The Bertz CT molecular complexity index is 1670. The van der Waals surface area contributed by atoms with Crippen molar-refractivity contribution in [2.75, 3.05) is 26.7 Å². The zero-order chi connectivity index (χ0) is 29.1. The van der Waals surface area contributed by atoms with Gasteiger partial charge in [0.2, 0.25) is 0 Å². The van der Waals surface area contributed by atoms with Gasteiger partial charge in [-0.3, -0.25) is 14.2 Å². The number of fused-ring (bicyclic) bond motifs is 1. The normalized spacial score (nSPS) is 14.9. The zero-order valence-corrected chi connectivity index (χ0v) is 24.0. The van der Waals surface area contributed by atoms with Gasteiger partial charge in [-0.15, -0.1) is 11.3 Å². The van der Waals surface area contributed by atoms with E-state index in [-0.39, 0.29) is 31.2 Å². The highest BCUT2D eigenvalue weighted by Gasteiger charge is 2.30. The predicted molar refractivity (Wildman–Crippen MR) is 153 cm³/mol. The third-order valence-electron chi connectivity index (χ3n) is 7.44. The SMILES string of the molecule is CCC(=O)O[C@H](Cc1sc2c(c1C)c(=O)n(C(CC=O)CN1CCC1)c(=O)n2-c1ncco1)c1ccccc1OC. The van der Waals surface area contributed by atoms with Gasteiger partial charge in [-0.05, 0) is 38.1 Å². The number of aryl methyl sites for hydroxylation is 1. The molecule has 0 saturated carbocycles. The molecule has 0 radical (unpaired) electrons. The number of esters is 1. The number of benzene rings is 1. The average Bonchev–Trinajstić information content (AvgIpc) is 3.58. The fraction of sp³-hybridized carbons (Fsp3) is 0.414. The number of aromatic nitrogens is 3. The fourth-order valence-corrected chi connectivity index (χ4v) is 6.47. The Morgan fingerprint density at radius 3 is 2.66 bits per heavy atom. The molecule has 1 fully saturated rings. The van der Waals surface area contributed by atoms with E-state index in [4.69, 9.17) is 13.9 Å². The summed E-state index contributed by atoms with van der Waals surface area (Å²) in [5.74, 6) is 0.198. The predicted octanol–water partition coefficient (Wildman–Crippen LogP) is 3.59. The van der Waals surface area contributed by atoms with E-state index < -0.39 is 23.4 Å². The van der Waals surface area contributed by atoms with Crippen LogP contribution in [0.15, 0.2) is 50.7 Å². The van der Waals surface area contributed by atoms with Gasteiger partial charge < -0.3 is 23.6 Å². The largest absolute Gasteiger partial charge is 0.496 e. The first-order chi connectivity index (χ1) is 19.9. The van der Waals surface area contributed by atoms with Crippen LogP contribution in [0.3, 0.4) is 0 Å². The number of aldehydes is 1. The van der Waals surface area contributed by atoms with E-state index in [0.717, 1.165) is 35.2 Å². The van der Waals surface area contributed by atoms with E-state index in [0.29, 0.717) is 33.6 Å². The Morgan fingerprint density at radius 1 is 1.24 bits per heavy atom. The highest BCUT2D eigenvalue weighted by molar-refractivity contribution is 7.18. The summed E-state index contributed by atoms with van der Waals surface area (Å²) < 4.78 is 19.4. The van der Waals surface area contributed by atoms with Crippen molar-refractivity contribution in [3.05, 3.63) is 73.6 Å². The Balaban J connectivity index is 1.69. The number of likely N-dealkylation sites (tertiary alicyclic amines) is 1. The van der Waals surface area contributed by atoms with Crippen molar-refractivity contribution < 1.29 is 23.5 Å². The number of hydrogen-bond acceptors (Lipinski definition) is 10. The molecule has 4 heterocycles. The molecule has 1 aliphatic heterocycles. The van der Waals surface area contributed by atoms with Gasteiger partial charge in [0.25, 0.3) is 5.56 Å². The van der Waals surface area contributed by atoms with Gasteiger partial charge >= 0.3 is 17.7 Å². The van der Waals surface area contributed by atoms with E-state index in [1.807, 2.05) is 25.1 Å². The molecule has 0 amide bonds. The van der Waals surface area contributed by atoms with E-state index in [9.17, 15) is 19.2 Å². The molecule has 5 rings (SSSR count). The number of ether oxygens (including phenoxy) is 2. The molecule has 4 aromatic rings. The lowest BCUT2D eigenvalue weighted by Gasteiger charge is -2.34. The summed E-state index contributed by atoms with van der Waals surface area (Å²) in [6.45, 7) is 5.64. The molecule has 3 aromatic heterocycles. The third-order valence-corrected chi connectivity index (χ3v) is 8.74. The molecule has 1 saturated heterocycles. The molecule has 1 aromatic carbocycles. The van der Waals surface area contributed by atoms with Crippen molar-refractivity contribution in [1.82, 2.24) is 19.0 Å². The zero-order valence-electron chi connectivity index (χ0n) is 23.2. The number of nitrogens with zero attached hydrogens (tertiary/aromatic N) is 4. The monoisotopic (exact) mass is 580 g/mol. The summed E-state index contributed by atoms with van der Waals surface area (Å²) in [6.07, 6.45) is 4.32. The molecule has 0 aliphatic carbocycles. The summed E-state index contributed by atoms with van der Waals surface area (Å²) in [5, 5.41) is 0.336. The van der Waals surface area contributed by atoms with Crippen LogP contribution in [0.1, 0.15) is 54.3 Å². The lowest BCUT2D eigenvalue weighted by atomic mass is 10.0. The van der Waals surface area contributed by atoms with Crippen LogP contribution in [-0.2, 0) is 20.7 Å². The second kappa shape index (κ2) is 12.2. The first-order valence-electron chi connectivity index (χ1n) is 13.6. The maximum Gasteiger partial charge on any atom is 0.340 e. The molecule has 1 unspecified atom stereocenters. The number of thiophene rings is 1. The molecular weight excluding hydrogens is 548 g/mol. The van der Waals surface area contributed by atoms with Crippen LogP contribution in [0.5, 0.6) is 5.75 Å². The minimum atomic E-state index is -0.691. The summed E-state index contributed by atoms with van der Waals surface area (Å²) in [5.41, 5.74) is 0.255. The molecule has 12 heteroatoms. The first-order valence-corrected chi connectivity index (χ1v) is 14.4. The van der Waals surface area contributed by atoms with Crippen LogP contribution >= 0.6 is 11.3 Å². The molecule has 0 spiro atoms. The number of carbonyl (C=O) groups is 2. The van der Waals surface area contributed by atoms with Gasteiger partial charge in [-0.1, -0.05) is 25.1 Å². The van der Waals surface area contributed by atoms with Crippen molar-refractivity contribution in [3.8, 4) is 11.8 Å². The van der Waals surface area contributed by atoms with Crippen LogP contribution in [0.2, 0.25) is 0 Å². The maximum atomic E-state index is 14.1. The van der Waals surface area contributed by atoms with Gasteiger partial charge in [-0.2, -0.15) is 0 Å².